The lowest BCUT2D eigenvalue weighted by atomic mass is 9.85. The Morgan fingerprint density at radius 2 is 1.88 bits per heavy atom. The highest BCUT2D eigenvalue weighted by molar-refractivity contribution is 5.76. The van der Waals surface area contributed by atoms with Crippen LogP contribution in [0.25, 0.3) is 0 Å². The molecule has 2 fully saturated rings. The molecule has 0 aromatic rings. The first kappa shape index (κ1) is 11.9. The number of nitrogens with two attached hydrogens (primary N) is 1. The molecule has 0 aromatic heterocycles. The number of primary amides is 1. The van der Waals surface area contributed by atoms with Gasteiger partial charge < -0.3 is 15.8 Å². The summed E-state index contributed by atoms with van der Waals surface area (Å²) in [5, 5.41) is 3.64. The van der Waals surface area contributed by atoms with Gasteiger partial charge in [0.15, 0.2) is 0 Å². The van der Waals surface area contributed by atoms with Crippen molar-refractivity contribution in [2.24, 2.45) is 11.7 Å². The van der Waals surface area contributed by atoms with Gasteiger partial charge in [-0.25, -0.2) is 0 Å². The van der Waals surface area contributed by atoms with Crippen LogP contribution in [0.4, 0.5) is 0 Å². The SMILES string of the molecule is NC(=O)C1CCC(NC2CCCOC2)CC1. The molecule has 4 nitrogen and oxygen atoms in total. The largest absolute Gasteiger partial charge is 0.380 e. The van der Waals surface area contributed by atoms with Gasteiger partial charge in [-0.1, -0.05) is 0 Å². The van der Waals surface area contributed by atoms with Crippen molar-refractivity contribution in [1.29, 1.82) is 0 Å². The minimum atomic E-state index is -0.126. The van der Waals surface area contributed by atoms with Crippen LogP contribution in [0.2, 0.25) is 0 Å². The third-order valence-corrected chi connectivity index (χ3v) is 3.76. The molecule has 2 rings (SSSR count). The highest BCUT2D eigenvalue weighted by Gasteiger charge is 2.26. The topological polar surface area (TPSA) is 64.4 Å². The lowest BCUT2D eigenvalue weighted by molar-refractivity contribution is -0.122. The molecule has 1 saturated carbocycles. The van der Waals surface area contributed by atoms with Crippen molar-refractivity contribution in [3.63, 3.8) is 0 Å². The number of amides is 1. The van der Waals surface area contributed by atoms with Crippen LogP contribution in [0.3, 0.4) is 0 Å². The highest BCUT2D eigenvalue weighted by atomic mass is 16.5. The van der Waals surface area contributed by atoms with Crippen molar-refractivity contribution >= 4 is 5.91 Å². The molecule has 3 N–H and O–H groups in total. The van der Waals surface area contributed by atoms with Crippen LogP contribution in [-0.2, 0) is 9.53 Å². The maximum absolute atomic E-state index is 11.0. The van der Waals surface area contributed by atoms with E-state index in [0.29, 0.717) is 12.1 Å². The van der Waals surface area contributed by atoms with Gasteiger partial charge in [-0.15, -0.1) is 0 Å². The van der Waals surface area contributed by atoms with Crippen molar-refractivity contribution in [3.8, 4) is 0 Å². The van der Waals surface area contributed by atoms with Crippen LogP contribution in [-0.4, -0.2) is 31.2 Å². The molecule has 1 aliphatic carbocycles. The molecule has 1 atom stereocenters. The molecule has 2 aliphatic rings. The van der Waals surface area contributed by atoms with E-state index in [2.05, 4.69) is 5.32 Å². The van der Waals surface area contributed by atoms with Crippen LogP contribution in [0.15, 0.2) is 0 Å². The molecule has 1 saturated heterocycles. The van der Waals surface area contributed by atoms with Crippen molar-refractivity contribution in [2.75, 3.05) is 13.2 Å². The van der Waals surface area contributed by atoms with Gasteiger partial charge in [0.2, 0.25) is 5.91 Å². The number of hydrogen-bond donors (Lipinski definition) is 2. The van der Waals surface area contributed by atoms with Crippen molar-refractivity contribution < 1.29 is 9.53 Å². The highest BCUT2D eigenvalue weighted by Crippen LogP contribution is 2.24. The second kappa shape index (κ2) is 5.64. The smallest absolute Gasteiger partial charge is 0.220 e. The molecular weight excluding hydrogens is 204 g/mol. The Hall–Kier alpha value is -0.610. The summed E-state index contributed by atoms with van der Waals surface area (Å²) in [5.74, 6) is -0.0138. The Morgan fingerprint density at radius 3 is 2.44 bits per heavy atom. The second-order valence-corrected chi connectivity index (χ2v) is 5.03. The van der Waals surface area contributed by atoms with E-state index in [0.717, 1.165) is 45.3 Å². The van der Waals surface area contributed by atoms with Gasteiger partial charge in [-0.3, -0.25) is 4.79 Å². The molecule has 4 heteroatoms. The summed E-state index contributed by atoms with van der Waals surface area (Å²) < 4.78 is 5.45. The van der Waals surface area contributed by atoms with Crippen LogP contribution in [0, 0.1) is 5.92 Å². The average Bonchev–Trinajstić information content (AvgIpc) is 2.31. The van der Waals surface area contributed by atoms with Crippen LogP contribution in [0.1, 0.15) is 38.5 Å². The number of ether oxygens (including phenoxy) is 1. The van der Waals surface area contributed by atoms with E-state index in [9.17, 15) is 4.79 Å². The zero-order valence-electron chi connectivity index (χ0n) is 9.78. The van der Waals surface area contributed by atoms with Gasteiger partial charge >= 0.3 is 0 Å². The summed E-state index contributed by atoms with van der Waals surface area (Å²) in [6.45, 7) is 1.75. The first-order chi connectivity index (χ1) is 7.75. The quantitative estimate of drug-likeness (QED) is 0.748. The molecule has 92 valence electrons. The van der Waals surface area contributed by atoms with E-state index in [1.54, 1.807) is 0 Å². The van der Waals surface area contributed by atoms with Gasteiger partial charge in [0.25, 0.3) is 0 Å². The number of nitrogens with one attached hydrogen (secondary N) is 1. The van der Waals surface area contributed by atoms with Crippen LogP contribution in [0.5, 0.6) is 0 Å². The van der Waals surface area contributed by atoms with Crippen molar-refractivity contribution in [2.45, 2.75) is 50.6 Å². The third kappa shape index (κ3) is 3.19. The van der Waals surface area contributed by atoms with Gasteiger partial charge in [0.05, 0.1) is 6.61 Å². The molecular formula is C12H22N2O2. The number of rotatable bonds is 3. The van der Waals surface area contributed by atoms with E-state index in [1.807, 2.05) is 0 Å². The minimum Gasteiger partial charge on any atom is -0.380 e. The van der Waals surface area contributed by atoms with Gasteiger partial charge in [-0.05, 0) is 38.5 Å². The Morgan fingerprint density at radius 1 is 1.12 bits per heavy atom. The van der Waals surface area contributed by atoms with Crippen LogP contribution >= 0.6 is 0 Å². The molecule has 1 amide bonds. The Labute approximate surface area is 96.9 Å². The lowest BCUT2D eigenvalue weighted by Gasteiger charge is -2.32. The molecule has 16 heavy (non-hydrogen) atoms. The van der Waals surface area contributed by atoms with E-state index in [-0.39, 0.29) is 11.8 Å². The molecule has 0 radical (unpaired) electrons. The second-order valence-electron chi connectivity index (χ2n) is 5.03. The third-order valence-electron chi connectivity index (χ3n) is 3.76. The first-order valence-electron chi connectivity index (χ1n) is 6.39. The number of carbonyl (C=O) groups is 1. The summed E-state index contributed by atoms with van der Waals surface area (Å²) >= 11 is 0. The monoisotopic (exact) mass is 226 g/mol. The predicted octanol–water partition coefficient (Wildman–Crippen LogP) is 0.799. The minimum absolute atomic E-state index is 0.112. The molecule has 0 aromatic carbocycles. The molecule has 1 heterocycles. The average molecular weight is 226 g/mol. The Kier molecular flexibility index (Phi) is 4.18. The fourth-order valence-electron chi connectivity index (χ4n) is 2.75. The molecule has 1 aliphatic heterocycles. The van der Waals surface area contributed by atoms with E-state index < -0.39 is 0 Å². The van der Waals surface area contributed by atoms with Gasteiger partial charge in [0, 0.05) is 24.6 Å². The summed E-state index contributed by atoms with van der Waals surface area (Å²) in [6, 6.07) is 1.08. The first-order valence-corrected chi connectivity index (χ1v) is 6.39. The summed E-state index contributed by atoms with van der Waals surface area (Å²) in [4.78, 5) is 11.0. The Balaban J connectivity index is 1.70. The summed E-state index contributed by atoms with van der Waals surface area (Å²) in [6.07, 6.45) is 6.42. The fraction of sp³-hybridized carbons (Fsp3) is 0.917. The maximum atomic E-state index is 11.0. The normalized spacial score (nSPS) is 35.9. The number of carbonyl (C=O) groups excluding carboxylic acids is 1. The predicted molar refractivity (Wildman–Crippen MR) is 61.9 cm³/mol. The zero-order chi connectivity index (χ0) is 11.4. The van der Waals surface area contributed by atoms with E-state index >= 15 is 0 Å². The van der Waals surface area contributed by atoms with Crippen LogP contribution < -0.4 is 11.1 Å². The number of hydrogen-bond acceptors (Lipinski definition) is 3. The molecule has 0 bridgehead atoms. The van der Waals surface area contributed by atoms with Crippen molar-refractivity contribution in [3.05, 3.63) is 0 Å². The standard InChI is InChI=1S/C12H22N2O2/c13-12(15)9-3-5-10(6-4-9)14-11-2-1-7-16-8-11/h9-11,14H,1-8H2,(H2,13,15). The van der Waals surface area contributed by atoms with E-state index in [1.165, 1.54) is 6.42 Å². The summed E-state index contributed by atoms with van der Waals surface area (Å²) in [7, 11) is 0. The lowest BCUT2D eigenvalue weighted by Crippen LogP contribution is -2.45. The van der Waals surface area contributed by atoms with E-state index in [4.69, 9.17) is 10.5 Å². The Bertz CT molecular complexity index is 231. The summed E-state index contributed by atoms with van der Waals surface area (Å²) in [5.41, 5.74) is 5.32. The van der Waals surface area contributed by atoms with Gasteiger partial charge in [0.1, 0.15) is 0 Å². The molecule has 0 spiro atoms. The molecule has 1 unspecified atom stereocenters. The fourth-order valence-corrected chi connectivity index (χ4v) is 2.75. The zero-order valence-corrected chi connectivity index (χ0v) is 9.78. The van der Waals surface area contributed by atoms with Gasteiger partial charge in [-0.2, -0.15) is 0 Å². The maximum Gasteiger partial charge on any atom is 0.220 e. The van der Waals surface area contributed by atoms with Crippen molar-refractivity contribution in [1.82, 2.24) is 5.32 Å².